The van der Waals surface area contributed by atoms with Crippen molar-refractivity contribution in [3.8, 4) is 11.8 Å². The number of nitrogens with one attached hydrogen (secondary N) is 1. The van der Waals surface area contributed by atoms with Gasteiger partial charge in [0.25, 0.3) is 0 Å². The summed E-state index contributed by atoms with van der Waals surface area (Å²) in [4.78, 5) is 16.2. The second-order valence-electron chi connectivity index (χ2n) is 6.58. The number of amides is 2. The van der Waals surface area contributed by atoms with Crippen LogP contribution in [0.4, 0.5) is 23.7 Å². The Labute approximate surface area is 166 Å². The molecule has 1 N–H and O–H groups in total. The molecule has 0 unspecified atom stereocenters. The normalized spacial score (nSPS) is 14.9. The molecule has 2 amide bonds. The molecule has 0 spiro atoms. The molecule has 1 fully saturated rings. The van der Waals surface area contributed by atoms with Gasteiger partial charge in [-0.2, -0.15) is 5.26 Å². The summed E-state index contributed by atoms with van der Waals surface area (Å²) in [6.07, 6.45) is -4.78. The maximum atomic E-state index is 12.4. The van der Waals surface area contributed by atoms with Gasteiger partial charge in [0.15, 0.2) is 0 Å². The predicted octanol–water partition coefficient (Wildman–Crippen LogP) is 3.81. The minimum absolute atomic E-state index is 0.233. The largest absolute Gasteiger partial charge is 0.573 e. The van der Waals surface area contributed by atoms with Gasteiger partial charge in [-0.15, -0.1) is 13.2 Å². The number of hydrogen-bond donors (Lipinski definition) is 1. The molecule has 9 heteroatoms. The van der Waals surface area contributed by atoms with Crippen LogP contribution in [0.3, 0.4) is 0 Å². The fourth-order valence-corrected chi connectivity index (χ4v) is 3.03. The van der Waals surface area contributed by atoms with E-state index in [1.165, 1.54) is 18.2 Å². The van der Waals surface area contributed by atoms with Crippen LogP contribution in [0.1, 0.15) is 11.1 Å². The minimum Gasteiger partial charge on any atom is -0.406 e. The zero-order valence-corrected chi connectivity index (χ0v) is 15.4. The zero-order valence-electron chi connectivity index (χ0n) is 15.4. The number of nitriles is 1. The number of alkyl halides is 3. The first kappa shape index (κ1) is 20.5. The molecule has 3 rings (SSSR count). The van der Waals surface area contributed by atoms with E-state index in [2.05, 4.69) is 21.0 Å². The van der Waals surface area contributed by atoms with E-state index in [1.807, 2.05) is 12.1 Å². The third-order valence-electron chi connectivity index (χ3n) is 4.47. The quantitative estimate of drug-likeness (QED) is 0.842. The maximum Gasteiger partial charge on any atom is 0.573 e. The summed E-state index contributed by atoms with van der Waals surface area (Å²) in [7, 11) is 0. The van der Waals surface area contributed by atoms with E-state index in [4.69, 9.17) is 5.26 Å². The Hall–Kier alpha value is -3.25. The predicted molar refractivity (Wildman–Crippen MR) is 100 cm³/mol. The lowest BCUT2D eigenvalue weighted by molar-refractivity contribution is -0.274. The summed E-state index contributed by atoms with van der Waals surface area (Å²) >= 11 is 0. The van der Waals surface area contributed by atoms with E-state index in [9.17, 15) is 18.0 Å². The number of hydrogen-bond acceptors (Lipinski definition) is 4. The van der Waals surface area contributed by atoms with Crippen LogP contribution in [-0.2, 0) is 6.54 Å². The van der Waals surface area contributed by atoms with Crippen molar-refractivity contribution in [2.75, 3.05) is 31.5 Å². The number of carbonyl (C=O) groups is 1. The highest BCUT2D eigenvalue weighted by Crippen LogP contribution is 2.25. The fraction of sp³-hybridized carbons (Fsp3) is 0.300. The summed E-state index contributed by atoms with van der Waals surface area (Å²) in [6, 6.07) is 14.3. The van der Waals surface area contributed by atoms with E-state index in [0.717, 1.165) is 18.2 Å². The molecule has 0 aliphatic carbocycles. The molecule has 0 saturated carbocycles. The van der Waals surface area contributed by atoms with Gasteiger partial charge in [-0.05, 0) is 29.8 Å². The van der Waals surface area contributed by atoms with Crippen LogP contribution in [0.15, 0.2) is 48.5 Å². The second-order valence-corrected chi connectivity index (χ2v) is 6.58. The van der Waals surface area contributed by atoms with Crippen molar-refractivity contribution in [3.05, 3.63) is 59.7 Å². The lowest BCUT2D eigenvalue weighted by Gasteiger charge is -2.34. The SMILES string of the molecule is N#Cc1ccc(CN2CCN(C(=O)Nc3cccc(OC(F)(F)F)c3)CC2)cc1. The molecule has 1 aliphatic rings. The topological polar surface area (TPSA) is 68.6 Å². The van der Waals surface area contributed by atoms with E-state index in [1.54, 1.807) is 17.0 Å². The van der Waals surface area contributed by atoms with E-state index < -0.39 is 6.36 Å². The minimum atomic E-state index is -4.78. The molecule has 1 aliphatic heterocycles. The number of carbonyl (C=O) groups excluding carboxylic acids is 1. The summed E-state index contributed by atoms with van der Waals surface area (Å²) in [5.74, 6) is -0.387. The highest BCUT2D eigenvalue weighted by Gasteiger charge is 2.31. The Morgan fingerprint density at radius 1 is 1.10 bits per heavy atom. The maximum absolute atomic E-state index is 12.4. The van der Waals surface area contributed by atoms with Gasteiger partial charge in [0.1, 0.15) is 5.75 Å². The zero-order chi connectivity index (χ0) is 20.9. The van der Waals surface area contributed by atoms with Gasteiger partial charge in [-0.1, -0.05) is 18.2 Å². The Morgan fingerprint density at radius 2 is 1.79 bits per heavy atom. The van der Waals surface area contributed by atoms with Crippen molar-refractivity contribution in [2.45, 2.75) is 12.9 Å². The van der Waals surface area contributed by atoms with Crippen molar-refractivity contribution >= 4 is 11.7 Å². The average molecular weight is 404 g/mol. The molecule has 0 aromatic heterocycles. The first-order valence-electron chi connectivity index (χ1n) is 8.95. The average Bonchev–Trinajstić information content (AvgIpc) is 2.68. The number of anilines is 1. The van der Waals surface area contributed by atoms with Gasteiger partial charge in [-0.25, -0.2) is 4.79 Å². The highest BCUT2D eigenvalue weighted by molar-refractivity contribution is 5.89. The van der Waals surface area contributed by atoms with Crippen molar-refractivity contribution in [1.82, 2.24) is 9.80 Å². The van der Waals surface area contributed by atoms with Gasteiger partial charge in [0.2, 0.25) is 0 Å². The van der Waals surface area contributed by atoms with Gasteiger partial charge in [0.05, 0.1) is 11.6 Å². The molecule has 2 aromatic rings. The summed E-state index contributed by atoms with van der Waals surface area (Å²) in [6.45, 7) is 3.06. The van der Waals surface area contributed by atoms with Gasteiger partial charge < -0.3 is 15.0 Å². The number of halogens is 3. The third kappa shape index (κ3) is 6.12. The van der Waals surface area contributed by atoms with Crippen LogP contribution < -0.4 is 10.1 Å². The van der Waals surface area contributed by atoms with E-state index in [-0.39, 0.29) is 17.5 Å². The number of rotatable bonds is 4. The number of ether oxygens (including phenoxy) is 1. The molecule has 29 heavy (non-hydrogen) atoms. The molecule has 0 bridgehead atoms. The second kappa shape index (κ2) is 8.84. The van der Waals surface area contributed by atoms with Crippen LogP contribution in [-0.4, -0.2) is 48.4 Å². The molecular formula is C20H19F3N4O2. The highest BCUT2D eigenvalue weighted by atomic mass is 19.4. The van der Waals surface area contributed by atoms with E-state index in [0.29, 0.717) is 31.7 Å². The van der Waals surface area contributed by atoms with Gasteiger partial charge in [0, 0.05) is 44.5 Å². The molecule has 1 heterocycles. The molecule has 152 valence electrons. The lowest BCUT2D eigenvalue weighted by Crippen LogP contribution is -2.49. The number of urea groups is 1. The van der Waals surface area contributed by atoms with Gasteiger partial charge in [-0.3, -0.25) is 4.90 Å². The molecule has 0 radical (unpaired) electrons. The third-order valence-corrected chi connectivity index (χ3v) is 4.47. The van der Waals surface area contributed by atoms with E-state index >= 15 is 0 Å². The Bertz CT molecular complexity index is 886. The smallest absolute Gasteiger partial charge is 0.406 e. The van der Waals surface area contributed by atoms with Crippen LogP contribution in [0.5, 0.6) is 5.75 Å². The lowest BCUT2D eigenvalue weighted by atomic mass is 10.1. The fourth-order valence-electron chi connectivity index (χ4n) is 3.03. The number of piperazine rings is 1. The van der Waals surface area contributed by atoms with Crippen LogP contribution >= 0.6 is 0 Å². The first-order chi connectivity index (χ1) is 13.8. The van der Waals surface area contributed by atoms with Crippen LogP contribution in [0, 0.1) is 11.3 Å². The van der Waals surface area contributed by atoms with Crippen molar-refractivity contribution in [3.63, 3.8) is 0 Å². The standard InChI is InChI=1S/C20H19F3N4O2/c21-20(22,23)29-18-3-1-2-17(12-18)25-19(28)27-10-8-26(9-11-27)14-16-6-4-15(13-24)5-7-16/h1-7,12H,8-11,14H2,(H,25,28). The summed E-state index contributed by atoms with van der Waals surface area (Å²) < 4.78 is 40.8. The molecule has 1 saturated heterocycles. The Morgan fingerprint density at radius 3 is 2.41 bits per heavy atom. The van der Waals surface area contributed by atoms with Crippen molar-refractivity contribution in [1.29, 1.82) is 5.26 Å². The summed E-state index contributed by atoms with van der Waals surface area (Å²) in [5, 5.41) is 11.4. The Balaban J connectivity index is 1.50. The summed E-state index contributed by atoms with van der Waals surface area (Å²) in [5.41, 5.74) is 1.93. The molecule has 6 nitrogen and oxygen atoms in total. The molecular weight excluding hydrogens is 385 g/mol. The van der Waals surface area contributed by atoms with Crippen molar-refractivity contribution in [2.24, 2.45) is 0 Å². The van der Waals surface area contributed by atoms with Crippen molar-refractivity contribution < 1.29 is 22.7 Å². The van der Waals surface area contributed by atoms with Crippen LogP contribution in [0.25, 0.3) is 0 Å². The monoisotopic (exact) mass is 404 g/mol. The Kier molecular flexibility index (Phi) is 6.24. The van der Waals surface area contributed by atoms with Gasteiger partial charge >= 0.3 is 12.4 Å². The number of nitrogens with zero attached hydrogens (tertiary/aromatic N) is 3. The number of benzene rings is 2. The molecule has 2 aromatic carbocycles. The molecule has 0 atom stereocenters. The first-order valence-corrected chi connectivity index (χ1v) is 8.95. The van der Waals surface area contributed by atoms with Crippen LogP contribution in [0.2, 0.25) is 0 Å².